The number of rotatable bonds is 5. The maximum absolute atomic E-state index is 13.2. The average molecular weight is 373 g/mol. The van der Waals surface area contributed by atoms with E-state index in [-0.39, 0.29) is 5.91 Å². The highest BCUT2D eigenvalue weighted by molar-refractivity contribution is 5.86. The van der Waals surface area contributed by atoms with Crippen molar-refractivity contribution in [1.29, 1.82) is 0 Å². The lowest BCUT2D eigenvalue weighted by Crippen LogP contribution is -2.39. The third-order valence-corrected chi connectivity index (χ3v) is 4.98. The van der Waals surface area contributed by atoms with Crippen LogP contribution >= 0.6 is 0 Å². The summed E-state index contributed by atoms with van der Waals surface area (Å²) in [5.74, 6) is 0.943. The van der Waals surface area contributed by atoms with Gasteiger partial charge < -0.3 is 9.64 Å². The van der Waals surface area contributed by atoms with Crippen molar-refractivity contribution in [2.75, 3.05) is 13.7 Å². The first-order valence-electron chi connectivity index (χ1n) is 9.46. The number of benzene rings is 2. The van der Waals surface area contributed by atoms with Crippen molar-refractivity contribution in [2.24, 2.45) is 5.41 Å². The van der Waals surface area contributed by atoms with Gasteiger partial charge in [-0.15, -0.1) is 0 Å². The van der Waals surface area contributed by atoms with Crippen LogP contribution in [0.25, 0.3) is 6.08 Å². The summed E-state index contributed by atoms with van der Waals surface area (Å²) in [4.78, 5) is 15.1. The fourth-order valence-electron chi connectivity index (χ4n) is 3.47. The molecule has 2 aromatic carbocycles. The molecule has 3 nitrogen and oxygen atoms in total. The van der Waals surface area contributed by atoms with Crippen LogP contribution in [0.5, 0.6) is 5.75 Å². The van der Waals surface area contributed by atoms with Crippen LogP contribution in [0.4, 0.5) is 0 Å². The maximum atomic E-state index is 13.2. The fourth-order valence-corrected chi connectivity index (χ4v) is 3.47. The summed E-state index contributed by atoms with van der Waals surface area (Å²) in [6, 6.07) is 18.0. The molecule has 1 aliphatic rings. The van der Waals surface area contributed by atoms with Crippen LogP contribution in [0.3, 0.4) is 0 Å². The molecule has 0 spiro atoms. The van der Waals surface area contributed by atoms with E-state index >= 15 is 0 Å². The molecule has 0 aliphatic carbocycles. The van der Waals surface area contributed by atoms with Gasteiger partial charge in [-0.05, 0) is 54.3 Å². The number of nitrogens with zero attached hydrogens (tertiary/aromatic N) is 1. The smallest absolute Gasteiger partial charge is 0.232 e. The molecule has 0 aromatic heterocycles. The van der Waals surface area contributed by atoms with E-state index in [1.54, 1.807) is 7.11 Å². The van der Waals surface area contributed by atoms with Gasteiger partial charge in [0.2, 0.25) is 5.91 Å². The Morgan fingerprint density at radius 2 is 1.79 bits per heavy atom. The zero-order chi connectivity index (χ0) is 20.1. The Morgan fingerprint density at radius 3 is 2.39 bits per heavy atom. The number of carbonyl (C=O) groups excluding carboxylic acids is 1. The van der Waals surface area contributed by atoms with Crippen molar-refractivity contribution in [3.63, 3.8) is 0 Å². The average Bonchev–Trinajstić information content (AvgIpc) is 2.79. The lowest BCUT2D eigenvalue weighted by molar-refractivity contribution is -0.137. The van der Waals surface area contributed by atoms with Crippen LogP contribution in [0.1, 0.15) is 25.0 Å². The van der Waals surface area contributed by atoms with Gasteiger partial charge in [0.05, 0.1) is 12.5 Å². The SMILES string of the molecule is C=CC1=CC(C)(C)C(=O)N(Cc2ccccc2)C/C1=C\c1ccc(OC)cc1. The molecule has 3 rings (SSSR count). The number of allylic oxidation sites excluding steroid dienone is 1. The van der Waals surface area contributed by atoms with Crippen LogP contribution in [-0.2, 0) is 11.3 Å². The van der Waals surface area contributed by atoms with E-state index in [0.717, 1.165) is 28.0 Å². The maximum Gasteiger partial charge on any atom is 0.232 e. The number of hydrogen-bond donors (Lipinski definition) is 0. The zero-order valence-corrected chi connectivity index (χ0v) is 16.8. The van der Waals surface area contributed by atoms with Crippen molar-refractivity contribution >= 4 is 12.0 Å². The van der Waals surface area contributed by atoms with Gasteiger partial charge in [-0.1, -0.05) is 61.2 Å². The van der Waals surface area contributed by atoms with Crippen LogP contribution < -0.4 is 4.74 Å². The summed E-state index contributed by atoms with van der Waals surface area (Å²) in [6.45, 7) is 9.04. The molecule has 0 unspecified atom stereocenters. The highest BCUT2D eigenvalue weighted by atomic mass is 16.5. The van der Waals surface area contributed by atoms with E-state index < -0.39 is 5.41 Å². The molecular weight excluding hydrogens is 346 g/mol. The molecule has 0 atom stereocenters. The fraction of sp³-hybridized carbons (Fsp3) is 0.240. The molecule has 3 heteroatoms. The highest BCUT2D eigenvalue weighted by Gasteiger charge is 2.34. The molecule has 0 saturated carbocycles. The number of hydrogen-bond acceptors (Lipinski definition) is 2. The van der Waals surface area contributed by atoms with Crippen molar-refractivity contribution in [3.05, 3.63) is 95.6 Å². The molecule has 0 radical (unpaired) electrons. The summed E-state index contributed by atoms with van der Waals surface area (Å²) in [5.41, 5.74) is 3.68. The molecular formula is C25H27NO2. The minimum absolute atomic E-state index is 0.119. The first kappa shape index (κ1) is 19.7. The summed E-state index contributed by atoms with van der Waals surface area (Å²) in [7, 11) is 1.66. The molecule has 0 fully saturated rings. The monoisotopic (exact) mass is 373 g/mol. The Labute approximate surface area is 167 Å². The number of carbonyl (C=O) groups is 1. The van der Waals surface area contributed by atoms with E-state index in [1.165, 1.54) is 0 Å². The molecule has 1 aliphatic heterocycles. The largest absolute Gasteiger partial charge is 0.497 e. The van der Waals surface area contributed by atoms with Gasteiger partial charge >= 0.3 is 0 Å². The van der Waals surface area contributed by atoms with Crippen LogP contribution in [0.15, 0.2) is 84.5 Å². The van der Waals surface area contributed by atoms with E-state index in [2.05, 4.69) is 24.8 Å². The summed E-state index contributed by atoms with van der Waals surface area (Å²) >= 11 is 0. The topological polar surface area (TPSA) is 29.5 Å². The predicted octanol–water partition coefficient (Wildman–Crippen LogP) is 5.26. The number of ether oxygens (including phenoxy) is 1. The minimum Gasteiger partial charge on any atom is -0.497 e. The van der Waals surface area contributed by atoms with Gasteiger partial charge in [0.1, 0.15) is 5.75 Å². The Bertz CT molecular complexity index is 905. The molecule has 1 heterocycles. The predicted molar refractivity (Wildman–Crippen MR) is 115 cm³/mol. The van der Waals surface area contributed by atoms with Crippen molar-refractivity contribution in [2.45, 2.75) is 20.4 Å². The number of amides is 1. The summed E-state index contributed by atoms with van der Waals surface area (Å²) in [5, 5.41) is 0. The lowest BCUT2D eigenvalue weighted by Gasteiger charge is -2.28. The second-order valence-corrected chi connectivity index (χ2v) is 7.62. The highest BCUT2D eigenvalue weighted by Crippen LogP contribution is 2.32. The first-order chi connectivity index (χ1) is 13.4. The van der Waals surface area contributed by atoms with Gasteiger partial charge in [0, 0.05) is 13.1 Å². The minimum atomic E-state index is -0.589. The second kappa shape index (κ2) is 8.30. The first-order valence-corrected chi connectivity index (χ1v) is 9.46. The van der Waals surface area contributed by atoms with Crippen molar-refractivity contribution < 1.29 is 9.53 Å². The molecule has 2 aromatic rings. The van der Waals surface area contributed by atoms with Crippen molar-refractivity contribution in [3.8, 4) is 5.75 Å². The van der Waals surface area contributed by atoms with E-state index in [9.17, 15) is 4.79 Å². The van der Waals surface area contributed by atoms with Gasteiger partial charge in [0.15, 0.2) is 0 Å². The summed E-state index contributed by atoms with van der Waals surface area (Å²) in [6.07, 6.45) is 6.00. The second-order valence-electron chi connectivity index (χ2n) is 7.62. The number of methoxy groups -OCH3 is 1. The zero-order valence-electron chi connectivity index (χ0n) is 16.8. The van der Waals surface area contributed by atoms with Crippen LogP contribution in [-0.4, -0.2) is 24.5 Å². The van der Waals surface area contributed by atoms with Crippen molar-refractivity contribution in [1.82, 2.24) is 4.90 Å². The molecule has 1 amide bonds. The Kier molecular flexibility index (Phi) is 5.84. The van der Waals surface area contributed by atoms with E-state index in [1.807, 2.05) is 73.4 Å². The van der Waals surface area contributed by atoms with Gasteiger partial charge in [0.25, 0.3) is 0 Å². The third kappa shape index (κ3) is 4.42. The molecule has 0 saturated heterocycles. The van der Waals surface area contributed by atoms with Gasteiger partial charge in [-0.25, -0.2) is 0 Å². The molecule has 0 bridgehead atoms. The van der Waals surface area contributed by atoms with Gasteiger partial charge in [-0.3, -0.25) is 4.79 Å². The third-order valence-electron chi connectivity index (χ3n) is 4.98. The van der Waals surface area contributed by atoms with E-state index in [0.29, 0.717) is 13.1 Å². The van der Waals surface area contributed by atoms with Crippen LogP contribution in [0.2, 0.25) is 0 Å². The molecule has 0 N–H and O–H groups in total. The van der Waals surface area contributed by atoms with E-state index in [4.69, 9.17) is 4.74 Å². The Balaban J connectivity index is 1.99. The van der Waals surface area contributed by atoms with Gasteiger partial charge in [-0.2, -0.15) is 0 Å². The molecule has 144 valence electrons. The quantitative estimate of drug-likeness (QED) is 0.715. The van der Waals surface area contributed by atoms with Crippen LogP contribution in [0, 0.1) is 5.41 Å². The molecule has 28 heavy (non-hydrogen) atoms. The normalized spacial score (nSPS) is 17.8. The Hall–Kier alpha value is -3.07. The standard InChI is InChI=1S/C25H27NO2/c1-5-21-16-25(2,3)24(27)26(17-20-9-7-6-8-10-20)18-22(21)15-19-11-13-23(28-4)14-12-19/h5-16H,1,17-18H2,2-4H3/b22-15+. The Morgan fingerprint density at radius 1 is 1.11 bits per heavy atom. The summed E-state index contributed by atoms with van der Waals surface area (Å²) < 4.78 is 5.25. The lowest BCUT2D eigenvalue weighted by atomic mass is 9.89.